The van der Waals surface area contributed by atoms with Gasteiger partial charge in [-0.05, 0) is 32.3 Å². The minimum Gasteiger partial charge on any atom is -0.354 e. The molecule has 0 aliphatic carbocycles. The number of para-hydroxylation sites is 1. The summed E-state index contributed by atoms with van der Waals surface area (Å²) in [5, 5.41) is 4.04. The zero-order valence-corrected chi connectivity index (χ0v) is 15.8. The van der Waals surface area contributed by atoms with Crippen molar-refractivity contribution in [3.63, 3.8) is 0 Å². The molecule has 25 heavy (non-hydrogen) atoms. The molecule has 2 rings (SSSR count). The average Bonchev–Trinajstić information content (AvgIpc) is 2.91. The smallest absolute Gasteiger partial charge is 0.221 e. The van der Waals surface area contributed by atoms with Crippen molar-refractivity contribution in [1.82, 2.24) is 9.88 Å². The van der Waals surface area contributed by atoms with Crippen molar-refractivity contribution in [2.24, 2.45) is 5.92 Å². The summed E-state index contributed by atoms with van der Waals surface area (Å²) >= 11 is 0. The maximum Gasteiger partial charge on any atom is 0.221 e. The molecular weight excluding hydrogens is 312 g/mol. The number of carbonyl (C=O) groups is 2. The Bertz CT molecular complexity index is 731. The Morgan fingerprint density at radius 2 is 1.84 bits per heavy atom. The van der Waals surface area contributed by atoms with Crippen LogP contribution in [0.5, 0.6) is 0 Å². The van der Waals surface area contributed by atoms with Crippen molar-refractivity contribution < 1.29 is 9.59 Å². The van der Waals surface area contributed by atoms with E-state index in [1.165, 1.54) is 6.42 Å². The molecule has 2 aromatic rings. The third-order valence-electron chi connectivity index (χ3n) is 4.57. The van der Waals surface area contributed by atoms with E-state index in [1.54, 1.807) is 6.92 Å². The molecule has 1 N–H and O–H groups in total. The number of aryl methyl sites for hydroxylation is 1. The Morgan fingerprint density at radius 3 is 2.52 bits per heavy atom. The topological polar surface area (TPSA) is 51.1 Å². The van der Waals surface area contributed by atoms with Crippen LogP contribution >= 0.6 is 0 Å². The van der Waals surface area contributed by atoms with Crippen LogP contribution in [0.4, 0.5) is 0 Å². The summed E-state index contributed by atoms with van der Waals surface area (Å²) in [7, 11) is 0. The van der Waals surface area contributed by atoms with Crippen LogP contribution in [0.1, 0.15) is 63.7 Å². The number of carbonyl (C=O) groups excluding carboxylic acids is 2. The van der Waals surface area contributed by atoms with E-state index in [4.69, 9.17) is 0 Å². The number of fused-ring (bicyclic) bond motifs is 1. The van der Waals surface area contributed by atoms with E-state index in [0.29, 0.717) is 18.9 Å². The first-order chi connectivity index (χ1) is 11.9. The molecule has 0 spiro atoms. The maximum absolute atomic E-state index is 12.2. The van der Waals surface area contributed by atoms with Gasteiger partial charge in [-0.2, -0.15) is 0 Å². The van der Waals surface area contributed by atoms with E-state index in [9.17, 15) is 9.59 Å². The van der Waals surface area contributed by atoms with Gasteiger partial charge in [-0.15, -0.1) is 0 Å². The Balaban J connectivity index is 1.92. The predicted molar refractivity (Wildman–Crippen MR) is 103 cm³/mol. The first-order valence-corrected chi connectivity index (χ1v) is 9.26. The van der Waals surface area contributed by atoms with Crippen molar-refractivity contribution in [1.29, 1.82) is 0 Å². The Kier molecular flexibility index (Phi) is 6.80. The number of rotatable bonds is 9. The second-order valence-corrected chi connectivity index (χ2v) is 7.35. The van der Waals surface area contributed by atoms with Crippen molar-refractivity contribution >= 4 is 22.6 Å². The highest BCUT2D eigenvalue weighted by molar-refractivity contribution is 6.06. The van der Waals surface area contributed by atoms with E-state index < -0.39 is 0 Å². The third-order valence-corrected chi connectivity index (χ3v) is 4.57. The van der Waals surface area contributed by atoms with Gasteiger partial charge in [-0.25, -0.2) is 0 Å². The molecule has 4 nitrogen and oxygen atoms in total. The summed E-state index contributed by atoms with van der Waals surface area (Å²) in [5.74, 6) is 0.831. The van der Waals surface area contributed by atoms with Crippen LogP contribution in [0.25, 0.3) is 10.9 Å². The van der Waals surface area contributed by atoms with Gasteiger partial charge < -0.3 is 9.88 Å². The van der Waals surface area contributed by atoms with E-state index >= 15 is 0 Å². The van der Waals surface area contributed by atoms with Gasteiger partial charge in [-0.1, -0.05) is 44.9 Å². The SMILES string of the molecule is CC(=O)c1cn(CCC(=O)N[C@H](C)CCCC(C)C)c2ccccc12. The number of benzene rings is 1. The molecule has 1 aromatic heterocycles. The zero-order chi connectivity index (χ0) is 18.4. The van der Waals surface area contributed by atoms with E-state index in [1.807, 2.05) is 35.0 Å². The second kappa shape index (κ2) is 8.84. The molecule has 136 valence electrons. The molecule has 1 atom stereocenters. The fourth-order valence-corrected chi connectivity index (χ4v) is 3.19. The van der Waals surface area contributed by atoms with Crippen LogP contribution in [-0.2, 0) is 11.3 Å². The van der Waals surface area contributed by atoms with Gasteiger partial charge in [0.2, 0.25) is 5.91 Å². The monoisotopic (exact) mass is 342 g/mol. The summed E-state index contributed by atoms with van der Waals surface area (Å²) in [5.41, 5.74) is 1.73. The number of aromatic nitrogens is 1. The van der Waals surface area contributed by atoms with Gasteiger partial charge in [0.05, 0.1) is 0 Å². The maximum atomic E-state index is 12.2. The standard InChI is InChI=1S/C21H30N2O2/c1-15(2)8-7-9-16(3)22-21(25)12-13-23-14-19(17(4)24)18-10-5-6-11-20(18)23/h5-6,10-11,14-16H,7-9,12-13H2,1-4H3,(H,22,25)/t16-/m1/s1. The lowest BCUT2D eigenvalue weighted by atomic mass is 10.0. The predicted octanol–water partition coefficient (Wildman–Crippen LogP) is 4.57. The van der Waals surface area contributed by atoms with Gasteiger partial charge in [0.25, 0.3) is 0 Å². The summed E-state index contributed by atoms with van der Waals surface area (Å²) in [6.07, 6.45) is 5.65. The number of nitrogens with one attached hydrogen (secondary N) is 1. The van der Waals surface area contributed by atoms with Crippen LogP contribution in [0.15, 0.2) is 30.5 Å². The van der Waals surface area contributed by atoms with Gasteiger partial charge >= 0.3 is 0 Å². The first-order valence-electron chi connectivity index (χ1n) is 9.26. The Morgan fingerprint density at radius 1 is 1.12 bits per heavy atom. The normalized spacial score (nSPS) is 12.5. The molecule has 0 aliphatic rings. The number of amides is 1. The largest absolute Gasteiger partial charge is 0.354 e. The minimum absolute atomic E-state index is 0.0539. The molecule has 0 saturated heterocycles. The lowest BCUT2D eigenvalue weighted by Crippen LogP contribution is -2.33. The average molecular weight is 342 g/mol. The highest BCUT2D eigenvalue weighted by Gasteiger charge is 2.13. The number of nitrogens with zero attached hydrogens (tertiary/aromatic N) is 1. The number of hydrogen-bond acceptors (Lipinski definition) is 2. The number of ketones is 1. The van der Waals surface area contributed by atoms with Gasteiger partial charge in [-0.3, -0.25) is 9.59 Å². The van der Waals surface area contributed by atoms with Crippen molar-refractivity contribution in [3.05, 3.63) is 36.0 Å². The van der Waals surface area contributed by atoms with Crippen molar-refractivity contribution in [2.45, 2.75) is 66.0 Å². The lowest BCUT2D eigenvalue weighted by molar-refractivity contribution is -0.121. The summed E-state index contributed by atoms with van der Waals surface area (Å²) < 4.78 is 2.01. The molecule has 0 fully saturated rings. The van der Waals surface area contributed by atoms with Crippen LogP contribution in [0.2, 0.25) is 0 Å². The quantitative estimate of drug-likeness (QED) is 0.679. The zero-order valence-electron chi connectivity index (χ0n) is 15.8. The van der Waals surface area contributed by atoms with Crippen LogP contribution in [-0.4, -0.2) is 22.3 Å². The molecule has 0 bridgehead atoms. The van der Waals surface area contributed by atoms with Crippen LogP contribution < -0.4 is 5.32 Å². The first kappa shape index (κ1) is 19.2. The molecule has 0 aliphatic heterocycles. The van der Waals surface area contributed by atoms with Gasteiger partial charge in [0.15, 0.2) is 5.78 Å². The lowest BCUT2D eigenvalue weighted by Gasteiger charge is -2.15. The fraction of sp³-hybridized carbons (Fsp3) is 0.524. The van der Waals surface area contributed by atoms with Crippen molar-refractivity contribution in [2.75, 3.05) is 0 Å². The fourth-order valence-electron chi connectivity index (χ4n) is 3.19. The molecule has 0 saturated carbocycles. The summed E-state index contributed by atoms with van der Waals surface area (Å²) in [6, 6.07) is 8.05. The highest BCUT2D eigenvalue weighted by Crippen LogP contribution is 2.22. The molecular formula is C21H30N2O2. The second-order valence-electron chi connectivity index (χ2n) is 7.35. The Labute approximate surface area is 150 Å². The van der Waals surface area contributed by atoms with Crippen LogP contribution in [0, 0.1) is 5.92 Å². The molecule has 0 radical (unpaired) electrons. The number of Topliss-reactive ketones (excluding diaryl/α,β-unsaturated/α-hetero) is 1. The van der Waals surface area contributed by atoms with Gasteiger partial charge in [0.1, 0.15) is 0 Å². The molecule has 1 amide bonds. The molecule has 1 aromatic carbocycles. The third kappa shape index (κ3) is 5.45. The van der Waals surface area contributed by atoms with E-state index in [0.717, 1.165) is 29.3 Å². The minimum atomic E-state index is 0.0539. The highest BCUT2D eigenvalue weighted by atomic mass is 16.1. The van der Waals surface area contributed by atoms with E-state index in [2.05, 4.69) is 26.1 Å². The molecule has 4 heteroatoms. The Hall–Kier alpha value is -2.10. The van der Waals surface area contributed by atoms with E-state index in [-0.39, 0.29) is 17.7 Å². The summed E-state index contributed by atoms with van der Waals surface area (Å²) in [6.45, 7) is 8.67. The summed E-state index contributed by atoms with van der Waals surface area (Å²) in [4.78, 5) is 24.0. The van der Waals surface area contributed by atoms with Gasteiger partial charge in [0, 0.05) is 41.7 Å². The molecule has 1 heterocycles. The number of hydrogen-bond donors (Lipinski definition) is 1. The molecule has 0 unspecified atom stereocenters. The van der Waals surface area contributed by atoms with Crippen LogP contribution in [0.3, 0.4) is 0 Å². The van der Waals surface area contributed by atoms with Crippen molar-refractivity contribution in [3.8, 4) is 0 Å².